The van der Waals surface area contributed by atoms with Crippen LogP contribution in [0.1, 0.15) is 19.4 Å². The molecule has 0 spiro atoms. The molecule has 0 aliphatic heterocycles. The maximum absolute atomic E-state index is 4.58. The number of thiophene rings is 1. The van der Waals surface area contributed by atoms with Crippen LogP contribution in [-0.4, -0.2) is 14.8 Å². The largest absolute Gasteiger partial charge is 0.237 e. The van der Waals surface area contributed by atoms with E-state index < -0.39 is 0 Å². The second-order valence-electron chi connectivity index (χ2n) is 5.25. The van der Waals surface area contributed by atoms with Crippen molar-refractivity contribution in [1.29, 1.82) is 0 Å². The zero-order chi connectivity index (χ0) is 13.9. The van der Waals surface area contributed by atoms with Gasteiger partial charge in [0.2, 0.25) is 0 Å². The van der Waals surface area contributed by atoms with Crippen molar-refractivity contribution in [2.24, 2.45) is 5.92 Å². The molecule has 3 aromatic heterocycles. The first-order valence-corrected chi connectivity index (χ1v) is 7.65. The van der Waals surface area contributed by atoms with E-state index in [0.29, 0.717) is 5.92 Å². The van der Waals surface area contributed by atoms with Crippen molar-refractivity contribution < 1.29 is 0 Å². The Bertz CT molecular complexity index is 666. The Morgan fingerprint density at radius 3 is 2.75 bits per heavy atom. The Kier molecular flexibility index (Phi) is 3.65. The molecule has 4 heteroatoms. The summed E-state index contributed by atoms with van der Waals surface area (Å²) in [4.78, 5) is 5.68. The molecule has 20 heavy (non-hydrogen) atoms. The molecule has 0 saturated carbocycles. The van der Waals surface area contributed by atoms with Gasteiger partial charge in [-0.05, 0) is 41.5 Å². The van der Waals surface area contributed by atoms with Gasteiger partial charge in [-0.2, -0.15) is 5.10 Å². The Labute approximate surface area is 122 Å². The van der Waals surface area contributed by atoms with Gasteiger partial charge < -0.3 is 0 Å². The van der Waals surface area contributed by atoms with Crippen LogP contribution >= 0.6 is 11.3 Å². The van der Waals surface area contributed by atoms with E-state index in [4.69, 9.17) is 0 Å². The lowest BCUT2D eigenvalue weighted by Gasteiger charge is -2.05. The molecule has 0 fully saturated rings. The van der Waals surface area contributed by atoms with Crippen molar-refractivity contribution in [3.8, 4) is 16.4 Å². The van der Waals surface area contributed by atoms with Gasteiger partial charge in [0.1, 0.15) is 5.69 Å². The predicted molar refractivity (Wildman–Crippen MR) is 83.2 cm³/mol. The lowest BCUT2D eigenvalue weighted by molar-refractivity contribution is 0.645. The molecule has 102 valence electrons. The van der Waals surface area contributed by atoms with E-state index in [1.165, 1.54) is 10.4 Å². The van der Waals surface area contributed by atoms with Crippen molar-refractivity contribution in [2.75, 3.05) is 0 Å². The third kappa shape index (κ3) is 2.80. The number of nitrogens with zero attached hydrogens (tertiary/aromatic N) is 3. The molecule has 0 bridgehead atoms. The maximum Gasteiger partial charge on any atom is 0.153 e. The van der Waals surface area contributed by atoms with E-state index >= 15 is 0 Å². The Morgan fingerprint density at radius 1 is 1.20 bits per heavy atom. The van der Waals surface area contributed by atoms with Gasteiger partial charge in [-0.25, -0.2) is 9.67 Å². The first kappa shape index (κ1) is 13.1. The minimum Gasteiger partial charge on any atom is -0.237 e. The summed E-state index contributed by atoms with van der Waals surface area (Å²) in [6.07, 6.45) is 4.97. The highest BCUT2D eigenvalue weighted by molar-refractivity contribution is 7.13. The molecule has 0 unspecified atom stereocenters. The molecule has 0 amide bonds. The average Bonchev–Trinajstić information content (AvgIpc) is 3.10. The van der Waals surface area contributed by atoms with Crippen molar-refractivity contribution in [3.63, 3.8) is 0 Å². The van der Waals surface area contributed by atoms with Gasteiger partial charge in [-0.1, -0.05) is 26.0 Å². The summed E-state index contributed by atoms with van der Waals surface area (Å²) in [6, 6.07) is 10.3. The first-order valence-electron chi connectivity index (χ1n) is 6.77. The van der Waals surface area contributed by atoms with Crippen molar-refractivity contribution in [1.82, 2.24) is 14.8 Å². The van der Waals surface area contributed by atoms with Crippen LogP contribution in [0.4, 0.5) is 0 Å². The van der Waals surface area contributed by atoms with Crippen LogP contribution in [0.15, 0.2) is 48.1 Å². The number of aromatic nitrogens is 3. The van der Waals surface area contributed by atoms with Gasteiger partial charge in [0.15, 0.2) is 5.82 Å². The van der Waals surface area contributed by atoms with Gasteiger partial charge in [-0.3, -0.25) is 0 Å². The van der Waals surface area contributed by atoms with Crippen LogP contribution < -0.4 is 0 Å². The second kappa shape index (κ2) is 5.59. The van der Waals surface area contributed by atoms with Gasteiger partial charge in [0, 0.05) is 12.4 Å². The van der Waals surface area contributed by atoms with E-state index in [-0.39, 0.29) is 0 Å². The SMILES string of the molecule is CC(C)Cc1ccc(-n2ccc(-c3cccs3)n2)nc1. The standard InChI is InChI=1S/C16H17N3S/c1-12(2)10-13-5-6-16(17-11-13)19-8-7-14(18-19)15-4-3-9-20-15/h3-9,11-12H,10H2,1-2H3. The Balaban J connectivity index is 1.83. The minimum atomic E-state index is 0.651. The zero-order valence-electron chi connectivity index (χ0n) is 11.7. The molecule has 0 aromatic carbocycles. The highest BCUT2D eigenvalue weighted by Crippen LogP contribution is 2.23. The number of hydrogen-bond donors (Lipinski definition) is 0. The molecule has 3 rings (SSSR count). The van der Waals surface area contributed by atoms with Gasteiger partial charge in [0.25, 0.3) is 0 Å². The molecule has 0 aliphatic carbocycles. The molecular weight excluding hydrogens is 266 g/mol. The highest BCUT2D eigenvalue weighted by atomic mass is 32.1. The molecule has 3 heterocycles. The number of hydrogen-bond acceptors (Lipinski definition) is 3. The van der Waals surface area contributed by atoms with E-state index in [2.05, 4.69) is 41.4 Å². The minimum absolute atomic E-state index is 0.651. The summed E-state index contributed by atoms with van der Waals surface area (Å²) in [5, 5.41) is 6.64. The van der Waals surface area contributed by atoms with Crippen LogP contribution in [-0.2, 0) is 6.42 Å². The lowest BCUT2D eigenvalue weighted by Crippen LogP contribution is -2.00. The van der Waals surface area contributed by atoms with Gasteiger partial charge >= 0.3 is 0 Å². The van der Waals surface area contributed by atoms with Crippen LogP contribution in [0.25, 0.3) is 16.4 Å². The van der Waals surface area contributed by atoms with Crippen LogP contribution in [0, 0.1) is 5.92 Å². The fraction of sp³-hybridized carbons (Fsp3) is 0.250. The third-order valence-corrected chi connectivity index (χ3v) is 3.94. The Hall–Kier alpha value is -1.94. The molecule has 0 atom stereocenters. The normalized spacial score (nSPS) is 11.2. The summed E-state index contributed by atoms with van der Waals surface area (Å²) in [5.74, 6) is 1.51. The summed E-state index contributed by atoms with van der Waals surface area (Å²) in [6.45, 7) is 4.43. The molecule has 0 saturated heterocycles. The molecule has 0 radical (unpaired) electrons. The smallest absolute Gasteiger partial charge is 0.153 e. The average molecular weight is 283 g/mol. The first-order chi connectivity index (χ1) is 9.72. The Morgan fingerprint density at radius 2 is 2.10 bits per heavy atom. The van der Waals surface area contributed by atoms with Crippen molar-refractivity contribution in [2.45, 2.75) is 20.3 Å². The van der Waals surface area contributed by atoms with Crippen molar-refractivity contribution >= 4 is 11.3 Å². The fourth-order valence-corrected chi connectivity index (χ4v) is 2.84. The quantitative estimate of drug-likeness (QED) is 0.718. The highest BCUT2D eigenvalue weighted by Gasteiger charge is 2.06. The molecule has 0 N–H and O–H groups in total. The summed E-state index contributed by atoms with van der Waals surface area (Å²) in [7, 11) is 0. The maximum atomic E-state index is 4.58. The van der Waals surface area contributed by atoms with E-state index in [1.54, 1.807) is 11.3 Å². The lowest BCUT2D eigenvalue weighted by atomic mass is 10.1. The third-order valence-electron chi connectivity index (χ3n) is 3.05. The predicted octanol–water partition coefficient (Wildman–Crippen LogP) is 4.19. The molecule has 3 nitrogen and oxygen atoms in total. The summed E-state index contributed by atoms with van der Waals surface area (Å²) >= 11 is 1.70. The van der Waals surface area contributed by atoms with E-state index in [1.807, 2.05) is 35.3 Å². The monoisotopic (exact) mass is 283 g/mol. The van der Waals surface area contributed by atoms with Crippen LogP contribution in [0.3, 0.4) is 0 Å². The van der Waals surface area contributed by atoms with Crippen molar-refractivity contribution in [3.05, 3.63) is 53.7 Å². The molecular formula is C16H17N3S. The molecule has 0 aliphatic rings. The molecule has 3 aromatic rings. The zero-order valence-corrected chi connectivity index (χ0v) is 12.5. The number of rotatable bonds is 4. The van der Waals surface area contributed by atoms with Gasteiger partial charge in [0.05, 0.1) is 4.88 Å². The fourth-order valence-electron chi connectivity index (χ4n) is 2.15. The van der Waals surface area contributed by atoms with E-state index in [0.717, 1.165) is 17.9 Å². The number of pyridine rings is 1. The second-order valence-corrected chi connectivity index (χ2v) is 6.19. The van der Waals surface area contributed by atoms with E-state index in [9.17, 15) is 0 Å². The summed E-state index contributed by atoms with van der Waals surface area (Å²) < 4.78 is 1.83. The summed E-state index contributed by atoms with van der Waals surface area (Å²) in [5.41, 5.74) is 2.27. The van der Waals surface area contributed by atoms with Crippen LogP contribution in [0.2, 0.25) is 0 Å². The van der Waals surface area contributed by atoms with Crippen LogP contribution in [0.5, 0.6) is 0 Å². The van der Waals surface area contributed by atoms with Gasteiger partial charge in [-0.15, -0.1) is 11.3 Å². The topological polar surface area (TPSA) is 30.7 Å².